The smallest absolute Gasteiger partial charge is 0.392 e. The second-order valence-electron chi connectivity index (χ2n) is 7.38. The molecular weight excluding hydrogens is 451 g/mol. The van der Waals surface area contributed by atoms with E-state index in [-0.39, 0.29) is 29.0 Å². The molecule has 0 bridgehead atoms. The Labute approximate surface area is 181 Å². The van der Waals surface area contributed by atoms with Crippen LogP contribution in [0.25, 0.3) is 0 Å². The number of hydrogen-bond donors (Lipinski definition) is 3. The number of anilines is 2. The number of rotatable bonds is 6. The molecule has 0 spiro atoms. The van der Waals surface area contributed by atoms with E-state index in [9.17, 15) is 36.8 Å². The van der Waals surface area contributed by atoms with E-state index in [0.717, 1.165) is 25.0 Å². The van der Waals surface area contributed by atoms with Gasteiger partial charge in [0.1, 0.15) is 5.56 Å². The van der Waals surface area contributed by atoms with Crippen molar-refractivity contribution in [3.63, 3.8) is 0 Å². The van der Waals surface area contributed by atoms with Gasteiger partial charge in [0.05, 0.1) is 29.5 Å². The molecule has 1 fully saturated rings. The van der Waals surface area contributed by atoms with Crippen LogP contribution in [0.2, 0.25) is 0 Å². The monoisotopic (exact) mass is 471 g/mol. The zero-order valence-electron chi connectivity index (χ0n) is 16.6. The number of nitrogens with zero attached hydrogens (tertiary/aromatic N) is 3. The van der Waals surface area contributed by atoms with Gasteiger partial charge in [-0.15, -0.1) is 0 Å². The van der Waals surface area contributed by atoms with Gasteiger partial charge in [-0.3, -0.25) is 9.48 Å². The number of nitrogens with one attached hydrogen (secondary N) is 1. The summed E-state index contributed by atoms with van der Waals surface area (Å²) in [5.74, 6) is -1.12. The Hall–Kier alpha value is -3.11. The molecule has 1 aromatic carbocycles. The second-order valence-corrected chi connectivity index (χ2v) is 9.29. The Balaban J connectivity index is 1.97. The van der Waals surface area contributed by atoms with Crippen molar-refractivity contribution in [2.75, 3.05) is 5.32 Å². The SMILES string of the molecule is N#CC1CCCCC1n1cc(C(N)=O)c(Nc2ccc(S(=O)(=O)C(F)(F)F)c(CO)c2)n1. The minimum Gasteiger partial charge on any atom is -0.392 e. The Morgan fingerprint density at radius 2 is 2.03 bits per heavy atom. The lowest BCUT2D eigenvalue weighted by Gasteiger charge is -2.26. The Morgan fingerprint density at radius 3 is 2.62 bits per heavy atom. The van der Waals surface area contributed by atoms with Gasteiger partial charge in [-0.1, -0.05) is 12.8 Å². The number of carbonyl (C=O) groups excluding carboxylic acids is 1. The van der Waals surface area contributed by atoms with Crippen LogP contribution >= 0.6 is 0 Å². The highest BCUT2D eigenvalue weighted by molar-refractivity contribution is 7.92. The first-order valence-corrected chi connectivity index (χ1v) is 11.1. The molecular formula is C19H20F3N5O4S. The van der Waals surface area contributed by atoms with E-state index in [0.29, 0.717) is 18.9 Å². The zero-order chi connectivity index (χ0) is 23.7. The molecule has 172 valence electrons. The third-order valence-corrected chi connectivity index (χ3v) is 6.91. The van der Waals surface area contributed by atoms with Gasteiger partial charge in [-0.2, -0.15) is 23.5 Å². The quantitative estimate of drug-likeness (QED) is 0.586. The fourth-order valence-electron chi connectivity index (χ4n) is 3.72. The number of benzene rings is 1. The lowest BCUT2D eigenvalue weighted by Crippen LogP contribution is -2.24. The third kappa shape index (κ3) is 4.42. The van der Waals surface area contributed by atoms with Crippen molar-refractivity contribution in [2.45, 2.75) is 48.7 Å². The predicted molar refractivity (Wildman–Crippen MR) is 106 cm³/mol. The summed E-state index contributed by atoms with van der Waals surface area (Å²) in [6.45, 7) is -0.969. The Bertz CT molecular complexity index is 1170. The fraction of sp³-hybridized carbons (Fsp3) is 0.421. The summed E-state index contributed by atoms with van der Waals surface area (Å²) in [7, 11) is -5.66. The van der Waals surface area contributed by atoms with E-state index in [1.165, 1.54) is 10.9 Å². The van der Waals surface area contributed by atoms with Crippen LogP contribution in [0.1, 0.15) is 47.6 Å². The molecule has 1 heterocycles. The number of amides is 1. The molecule has 2 aromatic rings. The molecule has 3 rings (SSSR count). The van der Waals surface area contributed by atoms with Gasteiger partial charge < -0.3 is 16.2 Å². The first-order valence-electron chi connectivity index (χ1n) is 9.60. The molecule has 0 radical (unpaired) electrons. The highest BCUT2D eigenvalue weighted by Crippen LogP contribution is 2.36. The molecule has 32 heavy (non-hydrogen) atoms. The number of alkyl halides is 3. The summed E-state index contributed by atoms with van der Waals surface area (Å²) < 4.78 is 63.6. The number of nitrogens with two attached hydrogens (primary N) is 1. The number of aromatic nitrogens is 2. The summed E-state index contributed by atoms with van der Waals surface area (Å²) >= 11 is 0. The summed E-state index contributed by atoms with van der Waals surface area (Å²) in [5.41, 5.74) is -0.510. The first-order chi connectivity index (χ1) is 15.0. The van der Waals surface area contributed by atoms with Crippen molar-refractivity contribution < 1.29 is 31.5 Å². The number of primary amides is 1. The molecule has 0 aliphatic heterocycles. The van der Waals surface area contributed by atoms with Gasteiger partial charge in [0, 0.05) is 11.9 Å². The first kappa shape index (κ1) is 23.6. The van der Waals surface area contributed by atoms with Gasteiger partial charge >= 0.3 is 5.51 Å². The van der Waals surface area contributed by atoms with E-state index < -0.39 is 38.3 Å². The number of sulfone groups is 1. The van der Waals surface area contributed by atoms with Gasteiger partial charge in [0.15, 0.2) is 5.82 Å². The summed E-state index contributed by atoms with van der Waals surface area (Å²) in [5, 5.41) is 25.9. The molecule has 2 unspecified atom stereocenters. The summed E-state index contributed by atoms with van der Waals surface area (Å²) in [6, 6.07) is 4.75. The number of hydrogen-bond acceptors (Lipinski definition) is 7. The topological polar surface area (TPSA) is 151 Å². The molecule has 1 amide bonds. The second kappa shape index (κ2) is 8.79. The van der Waals surface area contributed by atoms with Crippen molar-refractivity contribution in [2.24, 2.45) is 11.7 Å². The Morgan fingerprint density at radius 1 is 1.34 bits per heavy atom. The van der Waals surface area contributed by atoms with Crippen LogP contribution in [0.5, 0.6) is 0 Å². The highest BCUT2D eigenvalue weighted by atomic mass is 32.2. The largest absolute Gasteiger partial charge is 0.501 e. The highest BCUT2D eigenvalue weighted by Gasteiger charge is 2.47. The van der Waals surface area contributed by atoms with Gasteiger partial charge in [-0.25, -0.2) is 8.42 Å². The van der Waals surface area contributed by atoms with E-state index in [1.54, 1.807) is 0 Å². The minimum atomic E-state index is -5.66. The van der Waals surface area contributed by atoms with Crippen molar-refractivity contribution in [3.8, 4) is 6.07 Å². The predicted octanol–water partition coefficient (Wildman–Crippen LogP) is 2.77. The Kier molecular flexibility index (Phi) is 6.47. The molecule has 13 heteroatoms. The minimum absolute atomic E-state index is 0.00455. The van der Waals surface area contributed by atoms with E-state index in [1.807, 2.05) is 0 Å². The van der Waals surface area contributed by atoms with Crippen molar-refractivity contribution in [3.05, 3.63) is 35.5 Å². The van der Waals surface area contributed by atoms with Crippen LogP contribution in [-0.4, -0.2) is 34.7 Å². The third-order valence-electron chi connectivity index (χ3n) is 5.32. The maximum atomic E-state index is 12.9. The molecule has 1 saturated carbocycles. The molecule has 9 nitrogen and oxygen atoms in total. The van der Waals surface area contributed by atoms with E-state index in [2.05, 4.69) is 16.5 Å². The molecule has 1 aliphatic rings. The molecule has 2 atom stereocenters. The molecule has 0 saturated heterocycles. The van der Waals surface area contributed by atoms with Crippen molar-refractivity contribution >= 4 is 27.2 Å². The van der Waals surface area contributed by atoms with Crippen LogP contribution in [0, 0.1) is 17.2 Å². The van der Waals surface area contributed by atoms with Gasteiger partial charge in [0.25, 0.3) is 15.7 Å². The number of carbonyl (C=O) groups is 1. The van der Waals surface area contributed by atoms with Gasteiger partial charge in [-0.05, 0) is 36.6 Å². The number of halogens is 3. The van der Waals surface area contributed by atoms with Gasteiger partial charge in [0.2, 0.25) is 0 Å². The number of nitriles is 1. The maximum absolute atomic E-state index is 12.9. The fourth-order valence-corrected chi connectivity index (χ4v) is 4.68. The molecule has 1 aliphatic carbocycles. The lowest BCUT2D eigenvalue weighted by atomic mass is 9.85. The van der Waals surface area contributed by atoms with Crippen LogP contribution in [-0.2, 0) is 16.4 Å². The van der Waals surface area contributed by atoms with Crippen LogP contribution in [0.4, 0.5) is 24.7 Å². The normalized spacial score (nSPS) is 19.3. The average Bonchev–Trinajstić information content (AvgIpc) is 3.16. The summed E-state index contributed by atoms with van der Waals surface area (Å²) in [4.78, 5) is 10.8. The molecule has 4 N–H and O–H groups in total. The van der Waals surface area contributed by atoms with Crippen LogP contribution < -0.4 is 11.1 Å². The van der Waals surface area contributed by atoms with E-state index in [4.69, 9.17) is 5.73 Å². The van der Waals surface area contributed by atoms with Crippen LogP contribution in [0.3, 0.4) is 0 Å². The van der Waals surface area contributed by atoms with Crippen LogP contribution in [0.15, 0.2) is 29.3 Å². The molecule has 1 aromatic heterocycles. The lowest BCUT2D eigenvalue weighted by molar-refractivity contribution is -0.0436. The summed E-state index contributed by atoms with van der Waals surface area (Å²) in [6.07, 6.45) is 4.55. The number of aliphatic hydroxyl groups excluding tert-OH is 1. The van der Waals surface area contributed by atoms with Crippen molar-refractivity contribution in [1.29, 1.82) is 5.26 Å². The van der Waals surface area contributed by atoms with Crippen molar-refractivity contribution in [1.82, 2.24) is 9.78 Å². The standard InChI is InChI=1S/C19H20F3N5O4S/c20-19(21,22)32(30,31)16-6-5-13(7-12(16)10-28)25-18-14(17(24)29)9-27(26-18)15-4-2-1-3-11(15)8-23/h5-7,9,11,15,28H,1-4,10H2,(H2,24,29)(H,25,26). The average molecular weight is 471 g/mol. The number of aliphatic hydroxyl groups is 1. The maximum Gasteiger partial charge on any atom is 0.501 e. The van der Waals surface area contributed by atoms with E-state index >= 15 is 0 Å². The zero-order valence-corrected chi connectivity index (χ0v) is 17.4.